The van der Waals surface area contributed by atoms with Crippen LogP contribution in [0.25, 0.3) is 0 Å². The zero-order valence-electron chi connectivity index (χ0n) is 18.5. The summed E-state index contributed by atoms with van der Waals surface area (Å²) in [5, 5.41) is 7.12. The fraction of sp³-hybridized carbons (Fsp3) is 0.708. The predicted octanol–water partition coefficient (Wildman–Crippen LogP) is 3.22. The van der Waals surface area contributed by atoms with Gasteiger partial charge in [-0.05, 0) is 70.5 Å². The molecule has 2 N–H and O–H groups in total. The van der Waals surface area contributed by atoms with Gasteiger partial charge in [-0.25, -0.2) is 4.39 Å². The summed E-state index contributed by atoms with van der Waals surface area (Å²) in [6.45, 7) is 9.12. The number of hydrogen-bond acceptors (Lipinski definition) is 3. The van der Waals surface area contributed by atoms with Crippen LogP contribution in [0.5, 0.6) is 0 Å². The van der Waals surface area contributed by atoms with Gasteiger partial charge in [0, 0.05) is 50.4 Å². The molecule has 1 aliphatic carbocycles. The third-order valence-electron chi connectivity index (χ3n) is 6.84. The first-order chi connectivity index (χ1) is 14.7. The summed E-state index contributed by atoms with van der Waals surface area (Å²) in [5.74, 6) is 1.51. The summed E-state index contributed by atoms with van der Waals surface area (Å²) in [4.78, 5) is 9.96. The van der Waals surface area contributed by atoms with Crippen molar-refractivity contribution in [2.24, 2.45) is 10.9 Å². The van der Waals surface area contributed by atoms with Gasteiger partial charge in [0.15, 0.2) is 5.96 Å². The lowest BCUT2D eigenvalue weighted by molar-refractivity contribution is 0.178. The maximum absolute atomic E-state index is 13.9. The van der Waals surface area contributed by atoms with Gasteiger partial charge < -0.3 is 15.5 Å². The van der Waals surface area contributed by atoms with Crippen molar-refractivity contribution in [1.82, 2.24) is 20.4 Å². The number of nitrogens with one attached hydrogen (secondary N) is 2. The van der Waals surface area contributed by atoms with E-state index in [1.165, 1.54) is 38.8 Å². The first kappa shape index (κ1) is 21.6. The lowest BCUT2D eigenvalue weighted by Crippen LogP contribution is -2.49. The molecule has 3 fully saturated rings. The molecule has 166 valence electrons. The Morgan fingerprint density at radius 3 is 2.43 bits per heavy atom. The summed E-state index contributed by atoms with van der Waals surface area (Å²) in [7, 11) is 0. The van der Waals surface area contributed by atoms with E-state index in [1.807, 2.05) is 12.1 Å². The van der Waals surface area contributed by atoms with Crippen molar-refractivity contribution in [3.05, 3.63) is 35.6 Å². The highest BCUT2D eigenvalue weighted by molar-refractivity contribution is 5.80. The molecule has 0 atom stereocenters. The third-order valence-corrected chi connectivity index (χ3v) is 6.84. The molecule has 5 nitrogen and oxygen atoms in total. The Kier molecular flexibility index (Phi) is 7.61. The van der Waals surface area contributed by atoms with Crippen molar-refractivity contribution in [1.29, 1.82) is 0 Å². The maximum atomic E-state index is 13.9. The summed E-state index contributed by atoms with van der Waals surface area (Å²) in [6, 6.07) is 8.56. The van der Waals surface area contributed by atoms with E-state index in [1.54, 1.807) is 12.1 Å². The van der Waals surface area contributed by atoms with Gasteiger partial charge in [-0.15, -0.1) is 0 Å². The fourth-order valence-corrected chi connectivity index (χ4v) is 4.78. The molecule has 0 spiro atoms. The molecule has 1 aromatic rings. The van der Waals surface area contributed by atoms with Crippen molar-refractivity contribution < 1.29 is 4.39 Å². The molecule has 2 aliphatic heterocycles. The quantitative estimate of drug-likeness (QED) is 0.530. The Hall–Kier alpha value is -1.66. The van der Waals surface area contributed by atoms with Crippen LogP contribution in [-0.2, 0) is 6.54 Å². The number of benzene rings is 1. The highest BCUT2D eigenvalue weighted by Crippen LogP contribution is 2.29. The van der Waals surface area contributed by atoms with Crippen LogP contribution >= 0.6 is 0 Å². The second-order valence-electron chi connectivity index (χ2n) is 9.22. The van der Waals surface area contributed by atoms with Crippen molar-refractivity contribution >= 4 is 5.96 Å². The van der Waals surface area contributed by atoms with E-state index >= 15 is 0 Å². The Morgan fingerprint density at radius 1 is 1.03 bits per heavy atom. The van der Waals surface area contributed by atoms with E-state index in [4.69, 9.17) is 4.99 Å². The number of hydrogen-bond donors (Lipinski definition) is 2. The number of nitrogens with zero attached hydrogens (tertiary/aromatic N) is 3. The topological polar surface area (TPSA) is 42.9 Å². The molecule has 30 heavy (non-hydrogen) atoms. The molecule has 2 heterocycles. The molecule has 0 aromatic heterocycles. The van der Waals surface area contributed by atoms with E-state index in [0.29, 0.717) is 18.5 Å². The molecule has 0 unspecified atom stereocenters. The zero-order valence-corrected chi connectivity index (χ0v) is 18.5. The monoisotopic (exact) mass is 415 g/mol. The van der Waals surface area contributed by atoms with Crippen LogP contribution in [0.2, 0.25) is 0 Å². The number of piperidine rings is 2. The smallest absolute Gasteiger partial charge is 0.191 e. The van der Waals surface area contributed by atoms with Gasteiger partial charge in [0.1, 0.15) is 5.82 Å². The van der Waals surface area contributed by atoms with Crippen molar-refractivity contribution in [3.63, 3.8) is 0 Å². The minimum Gasteiger partial charge on any atom is -0.357 e. The zero-order chi connectivity index (χ0) is 20.8. The van der Waals surface area contributed by atoms with Crippen molar-refractivity contribution in [2.75, 3.05) is 39.3 Å². The minimum atomic E-state index is -0.0893. The molecule has 2 saturated heterocycles. The standard InChI is InChI=1S/C24H38FN5/c1-2-26-24(28-21-11-15-30(16-12-21)22-7-8-22)27-17-19-9-13-29(14-10-19)18-20-5-3-4-6-23(20)25/h3-6,19,21-22H,2,7-18H2,1H3,(H2,26,27,28). The number of halogens is 1. The number of rotatable bonds is 7. The van der Waals surface area contributed by atoms with Crippen LogP contribution in [0.15, 0.2) is 29.3 Å². The molecule has 0 bridgehead atoms. The second-order valence-corrected chi connectivity index (χ2v) is 9.22. The Bertz CT molecular complexity index is 689. The van der Waals surface area contributed by atoms with Crippen LogP contribution in [0, 0.1) is 11.7 Å². The largest absolute Gasteiger partial charge is 0.357 e. The summed E-state index contributed by atoms with van der Waals surface area (Å²) in [6.07, 6.45) is 7.52. The predicted molar refractivity (Wildman–Crippen MR) is 121 cm³/mol. The van der Waals surface area contributed by atoms with Crippen molar-refractivity contribution in [3.8, 4) is 0 Å². The molecule has 3 aliphatic rings. The third kappa shape index (κ3) is 6.17. The van der Waals surface area contributed by atoms with Crippen LogP contribution < -0.4 is 10.6 Å². The highest BCUT2D eigenvalue weighted by atomic mass is 19.1. The normalized spacial score (nSPS) is 22.9. The molecular formula is C24H38FN5. The van der Waals surface area contributed by atoms with Crippen molar-refractivity contribution in [2.45, 2.75) is 64.1 Å². The SMILES string of the molecule is CCNC(=NCC1CCN(Cc2ccccc2F)CC1)NC1CCN(C2CC2)CC1. The van der Waals surface area contributed by atoms with Gasteiger partial charge in [0.05, 0.1) is 0 Å². The Morgan fingerprint density at radius 2 is 1.77 bits per heavy atom. The fourth-order valence-electron chi connectivity index (χ4n) is 4.78. The number of aliphatic imine (C=N–C) groups is 1. The van der Waals surface area contributed by atoms with Crippen LogP contribution in [-0.4, -0.2) is 67.1 Å². The van der Waals surface area contributed by atoms with E-state index in [0.717, 1.165) is 56.6 Å². The first-order valence-electron chi connectivity index (χ1n) is 12.0. The molecule has 0 amide bonds. The molecule has 6 heteroatoms. The molecule has 4 rings (SSSR count). The average Bonchev–Trinajstić information content (AvgIpc) is 3.61. The molecule has 0 radical (unpaired) electrons. The van der Waals surface area contributed by atoms with Gasteiger partial charge in [0.2, 0.25) is 0 Å². The van der Waals surface area contributed by atoms with E-state index in [2.05, 4.69) is 27.4 Å². The van der Waals surface area contributed by atoms with Crippen LogP contribution in [0.4, 0.5) is 4.39 Å². The summed E-state index contributed by atoms with van der Waals surface area (Å²) >= 11 is 0. The summed E-state index contributed by atoms with van der Waals surface area (Å²) < 4.78 is 13.9. The maximum Gasteiger partial charge on any atom is 0.191 e. The van der Waals surface area contributed by atoms with E-state index in [9.17, 15) is 4.39 Å². The van der Waals surface area contributed by atoms with Crippen LogP contribution in [0.3, 0.4) is 0 Å². The molecule has 1 aromatic carbocycles. The van der Waals surface area contributed by atoms with Gasteiger partial charge in [-0.2, -0.15) is 0 Å². The lowest BCUT2D eigenvalue weighted by atomic mass is 9.96. The Labute approximate surface area is 181 Å². The second kappa shape index (κ2) is 10.6. The minimum absolute atomic E-state index is 0.0893. The molecule has 1 saturated carbocycles. The van der Waals surface area contributed by atoms with Crippen LogP contribution in [0.1, 0.15) is 51.0 Å². The average molecular weight is 416 g/mol. The first-order valence-corrected chi connectivity index (χ1v) is 12.0. The van der Waals surface area contributed by atoms with Gasteiger partial charge in [-0.3, -0.25) is 9.89 Å². The van der Waals surface area contributed by atoms with Gasteiger partial charge >= 0.3 is 0 Å². The molecular weight excluding hydrogens is 377 g/mol. The van der Waals surface area contributed by atoms with Gasteiger partial charge in [-0.1, -0.05) is 18.2 Å². The number of guanidine groups is 1. The highest BCUT2D eigenvalue weighted by Gasteiger charge is 2.32. The van der Waals surface area contributed by atoms with Gasteiger partial charge in [0.25, 0.3) is 0 Å². The lowest BCUT2D eigenvalue weighted by Gasteiger charge is -2.33. The Balaban J connectivity index is 1.20. The summed E-state index contributed by atoms with van der Waals surface area (Å²) in [5.41, 5.74) is 0.806. The van der Waals surface area contributed by atoms with E-state index in [-0.39, 0.29) is 5.82 Å². The number of likely N-dealkylation sites (tertiary alicyclic amines) is 2. The van der Waals surface area contributed by atoms with E-state index < -0.39 is 0 Å².